The summed E-state index contributed by atoms with van der Waals surface area (Å²) < 4.78 is 9.10. The fourth-order valence-electron chi connectivity index (χ4n) is 5.19. The van der Waals surface area contributed by atoms with Gasteiger partial charge in [0.1, 0.15) is 35.0 Å². The van der Waals surface area contributed by atoms with Gasteiger partial charge in [-0.15, -0.1) is 0 Å². The number of carbonyl (C=O) groups is 1. The third-order valence-electron chi connectivity index (χ3n) is 7.03. The normalized spacial score (nSPS) is 17.7. The van der Waals surface area contributed by atoms with Crippen LogP contribution in [-0.2, 0) is 4.79 Å². The largest absolute Gasteiger partial charge is 0.457 e. The van der Waals surface area contributed by atoms with Crippen LogP contribution >= 0.6 is 0 Å². The average molecular weight is 553 g/mol. The van der Waals surface area contributed by atoms with Crippen LogP contribution in [0, 0.1) is 11.3 Å². The van der Waals surface area contributed by atoms with Crippen molar-refractivity contribution in [3.05, 3.63) is 83.1 Å². The minimum Gasteiger partial charge on any atom is -0.457 e. The number of benzene rings is 2. The van der Waals surface area contributed by atoms with Crippen LogP contribution in [0.2, 0.25) is 0 Å². The van der Waals surface area contributed by atoms with Crippen molar-refractivity contribution in [1.82, 2.24) is 24.4 Å². The third-order valence-corrected chi connectivity index (χ3v) is 7.03. The number of hydrogen-bond donors (Lipinski definition) is 3. The number of amides is 1. The molecule has 0 spiro atoms. The standard InChI is InChI=1S/C30H32N8O3/c1-30(2,33)16-19(17-31)28(39)36-20-8-10-22(11-9-20)38-27-25(26(32)34-18-35-27)37(29(38)40)21-12-14-24(15-13-21)41-23-6-4-3-5-7-23/h3-7,12-16,18,20,22H,8-11,33H2,1-2H3,(H,36,39)(H2,32,34,35). The maximum atomic E-state index is 13.9. The molecule has 1 aliphatic rings. The summed E-state index contributed by atoms with van der Waals surface area (Å²) >= 11 is 0. The zero-order chi connectivity index (χ0) is 29.1. The van der Waals surface area contributed by atoms with Gasteiger partial charge < -0.3 is 21.5 Å². The summed E-state index contributed by atoms with van der Waals surface area (Å²) in [6, 6.07) is 18.3. The van der Waals surface area contributed by atoms with Crippen LogP contribution in [0.5, 0.6) is 11.5 Å². The van der Waals surface area contributed by atoms with Crippen LogP contribution < -0.4 is 27.2 Å². The number of hydrogen-bond acceptors (Lipinski definition) is 8. The minimum absolute atomic E-state index is 0.00808. The van der Waals surface area contributed by atoms with E-state index in [0.717, 1.165) is 0 Å². The number of nitriles is 1. The summed E-state index contributed by atoms with van der Waals surface area (Å²) in [5.74, 6) is 1.10. The predicted octanol–water partition coefficient (Wildman–Crippen LogP) is 3.74. The van der Waals surface area contributed by atoms with Crippen LogP contribution in [0.4, 0.5) is 5.82 Å². The van der Waals surface area contributed by atoms with E-state index in [4.69, 9.17) is 16.2 Å². The van der Waals surface area contributed by atoms with E-state index in [-0.39, 0.29) is 29.2 Å². The number of ether oxygens (including phenoxy) is 1. The first-order valence-electron chi connectivity index (χ1n) is 13.4. The Morgan fingerprint density at radius 2 is 1.73 bits per heavy atom. The van der Waals surface area contributed by atoms with Gasteiger partial charge in [-0.05, 0) is 82.0 Å². The molecule has 2 heterocycles. The van der Waals surface area contributed by atoms with E-state index in [2.05, 4.69) is 15.3 Å². The quantitative estimate of drug-likeness (QED) is 0.230. The number of imidazole rings is 1. The second kappa shape index (κ2) is 11.3. The highest BCUT2D eigenvalue weighted by Gasteiger charge is 2.29. The molecule has 0 atom stereocenters. The Morgan fingerprint density at radius 3 is 2.37 bits per heavy atom. The Labute approximate surface area is 237 Å². The first-order chi connectivity index (χ1) is 19.6. The molecule has 1 saturated carbocycles. The highest BCUT2D eigenvalue weighted by molar-refractivity contribution is 5.97. The molecule has 11 heteroatoms. The molecule has 210 valence electrons. The molecular formula is C30H32N8O3. The maximum Gasteiger partial charge on any atom is 0.335 e. The lowest BCUT2D eigenvalue weighted by molar-refractivity contribution is -0.118. The molecule has 11 nitrogen and oxygen atoms in total. The zero-order valence-electron chi connectivity index (χ0n) is 22.9. The summed E-state index contributed by atoms with van der Waals surface area (Å²) in [5, 5.41) is 12.4. The molecule has 4 aromatic rings. The Balaban J connectivity index is 1.38. The smallest absolute Gasteiger partial charge is 0.335 e. The summed E-state index contributed by atoms with van der Waals surface area (Å²) in [4.78, 5) is 35.1. The number of aromatic nitrogens is 4. The van der Waals surface area contributed by atoms with Gasteiger partial charge in [-0.1, -0.05) is 18.2 Å². The molecule has 1 amide bonds. The molecule has 2 aromatic carbocycles. The molecule has 0 aliphatic heterocycles. The van der Waals surface area contributed by atoms with Gasteiger partial charge in [0.05, 0.1) is 5.69 Å². The second-order valence-corrected chi connectivity index (χ2v) is 10.8. The number of fused-ring (bicyclic) bond motifs is 1. The topological polar surface area (TPSA) is 167 Å². The van der Waals surface area contributed by atoms with Crippen LogP contribution in [0.15, 0.2) is 77.4 Å². The van der Waals surface area contributed by atoms with E-state index in [0.29, 0.717) is 54.0 Å². The van der Waals surface area contributed by atoms with Crippen LogP contribution in [-0.4, -0.2) is 36.6 Å². The van der Waals surface area contributed by atoms with Crippen molar-refractivity contribution in [2.45, 2.75) is 57.2 Å². The van der Waals surface area contributed by atoms with Gasteiger partial charge in [-0.2, -0.15) is 5.26 Å². The molecule has 1 aliphatic carbocycles. The van der Waals surface area contributed by atoms with Crippen molar-refractivity contribution < 1.29 is 9.53 Å². The lowest BCUT2D eigenvalue weighted by Crippen LogP contribution is -2.40. The van der Waals surface area contributed by atoms with Gasteiger partial charge in [0, 0.05) is 17.6 Å². The zero-order valence-corrected chi connectivity index (χ0v) is 22.9. The van der Waals surface area contributed by atoms with E-state index in [1.807, 2.05) is 36.4 Å². The molecule has 5 rings (SSSR count). The van der Waals surface area contributed by atoms with Gasteiger partial charge in [-0.25, -0.2) is 14.8 Å². The minimum atomic E-state index is -0.783. The fourth-order valence-corrected chi connectivity index (χ4v) is 5.19. The molecule has 0 bridgehead atoms. The summed E-state index contributed by atoms with van der Waals surface area (Å²) in [7, 11) is 0. The Hall–Kier alpha value is -4.95. The number of rotatable bonds is 7. The predicted molar refractivity (Wildman–Crippen MR) is 155 cm³/mol. The second-order valence-electron chi connectivity index (χ2n) is 10.8. The number of nitrogens with two attached hydrogens (primary N) is 2. The Morgan fingerprint density at radius 1 is 1.07 bits per heavy atom. The number of nitrogen functional groups attached to an aromatic ring is 1. The molecule has 2 aromatic heterocycles. The first kappa shape index (κ1) is 27.6. The van der Waals surface area contributed by atoms with Crippen molar-refractivity contribution >= 4 is 22.9 Å². The van der Waals surface area contributed by atoms with E-state index in [1.54, 1.807) is 42.7 Å². The molecule has 1 fully saturated rings. The first-order valence-corrected chi connectivity index (χ1v) is 13.4. The van der Waals surface area contributed by atoms with E-state index in [9.17, 15) is 14.9 Å². The van der Waals surface area contributed by atoms with E-state index < -0.39 is 11.4 Å². The van der Waals surface area contributed by atoms with Gasteiger partial charge in [0.2, 0.25) is 0 Å². The fraction of sp³-hybridized carbons (Fsp3) is 0.300. The highest BCUT2D eigenvalue weighted by atomic mass is 16.5. The summed E-state index contributed by atoms with van der Waals surface area (Å²) in [6.45, 7) is 3.44. The van der Waals surface area contributed by atoms with Crippen LogP contribution in [0.3, 0.4) is 0 Å². The summed E-state index contributed by atoms with van der Waals surface area (Å²) in [6.07, 6.45) is 5.35. The molecule has 0 saturated heterocycles. The third kappa shape index (κ3) is 5.97. The molecule has 41 heavy (non-hydrogen) atoms. The van der Waals surface area contributed by atoms with Gasteiger partial charge in [0.15, 0.2) is 11.5 Å². The van der Waals surface area contributed by atoms with Gasteiger partial charge in [0.25, 0.3) is 5.91 Å². The highest BCUT2D eigenvalue weighted by Crippen LogP contribution is 2.32. The number of anilines is 1. The van der Waals surface area contributed by atoms with Gasteiger partial charge >= 0.3 is 5.69 Å². The Bertz CT molecular complexity index is 1680. The Kier molecular flexibility index (Phi) is 7.59. The number of nitrogens with zero attached hydrogens (tertiary/aromatic N) is 5. The molecular weight excluding hydrogens is 520 g/mol. The van der Waals surface area contributed by atoms with Crippen LogP contribution in [0.1, 0.15) is 45.6 Å². The SMILES string of the molecule is CC(C)(N)C=C(C#N)C(=O)NC1CCC(n2c(=O)n(-c3ccc(Oc4ccccc4)cc3)c3c(N)ncnc32)CC1. The van der Waals surface area contributed by atoms with E-state index >= 15 is 0 Å². The lowest BCUT2D eigenvalue weighted by Gasteiger charge is -2.29. The van der Waals surface area contributed by atoms with Crippen LogP contribution in [0.25, 0.3) is 16.9 Å². The van der Waals surface area contributed by atoms with Gasteiger partial charge in [-0.3, -0.25) is 13.9 Å². The van der Waals surface area contributed by atoms with E-state index in [1.165, 1.54) is 17.0 Å². The number of carbonyl (C=O) groups excluding carboxylic acids is 1. The van der Waals surface area contributed by atoms with Crippen molar-refractivity contribution in [3.8, 4) is 23.3 Å². The average Bonchev–Trinajstić information content (AvgIpc) is 3.25. The molecule has 0 radical (unpaired) electrons. The van der Waals surface area contributed by atoms with Crippen molar-refractivity contribution in [1.29, 1.82) is 5.26 Å². The maximum absolute atomic E-state index is 13.9. The summed E-state index contributed by atoms with van der Waals surface area (Å²) in [5.41, 5.74) is 12.7. The monoisotopic (exact) mass is 552 g/mol. The van der Waals surface area contributed by atoms with Crippen molar-refractivity contribution in [2.75, 3.05) is 5.73 Å². The molecule has 5 N–H and O–H groups in total. The number of para-hydroxylation sites is 1. The van der Waals surface area contributed by atoms with Crippen molar-refractivity contribution in [2.24, 2.45) is 5.73 Å². The van der Waals surface area contributed by atoms with Crippen molar-refractivity contribution in [3.63, 3.8) is 0 Å². The molecule has 0 unspecified atom stereocenters. The number of nitrogens with one attached hydrogen (secondary N) is 1. The lowest BCUT2D eigenvalue weighted by atomic mass is 9.90.